The van der Waals surface area contributed by atoms with Crippen molar-refractivity contribution in [1.29, 1.82) is 0 Å². The Morgan fingerprint density at radius 2 is 2.11 bits per heavy atom. The Morgan fingerprint density at radius 1 is 1.33 bits per heavy atom. The van der Waals surface area contributed by atoms with E-state index in [-0.39, 0.29) is 17.3 Å². The monoisotopic (exact) mass is 245 g/mol. The highest BCUT2D eigenvalue weighted by Crippen LogP contribution is 2.42. The molecular formula is C14H15NO3. The maximum Gasteiger partial charge on any atom is 0.337 e. The largest absolute Gasteiger partial charge is 0.465 e. The Morgan fingerprint density at radius 3 is 2.78 bits per heavy atom. The quantitative estimate of drug-likeness (QED) is 0.753. The third kappa shape index (κ3) is 1.52. The van der Waals surface area contributed by atoms with Gasteiger partial charge in [0.2, 0.25) is 5.91 Å². The van der Waals surface area contributed by atoms with Gasteiger partial charge in [-0.2, -0.15) is 0 Å². The first-order valence-corrected chi connectivity index (χ1v) is 6.13. The Balaban J connectivity index is 1.94. The lowest BCUT2D eigenvalue weighted by molar-refractivity contribution is -0.127. The van der Waals surface area contributed by atoms with Gasteiger partial charge in [-0.3, -0.25) is 4.79 Å². The molecule has 1 amide bonds. The highest BCUT2D eigenvalue weighted by atomic mass is 16.5. The summed E-state index contributed by atoms with van der Waals surface area (Å²) in [6.45, 7) is 0.761. The Bertz CT molecular complexity index is 538. The van der Waals surface area contributed by atoms with E-state index >= 15 is 0 Å². The summed E-state index contributed by atoms with van der Waals surface area (Å²) in [5, 5.41) is 2.91. The van der Waals surface area contributed by atoms with Crippen LogP contribution in [0.25, 0.3) is 0 Å². The van der Waals surface area contributed by atoms with Gasteiger partial charge in [-0.15, -0.1) is 0 Å². The van der Waals surface area contributed by atoms with Crippen molar-refractivity contribution in [3.05, 3.63) is 34.9 Å². The van der Waals surface area contributed by atoms with E-state index in [2.05, 4.69) is 5.32 Å². The molecule has 1 saturated heterocycles. The van der Waals surface area contributed by atoms with Crippen LogP contribution in [-0.2, 0) is 22.4 Å². The first-order chi connectivity index (χ1) is 8.64. The van der Waals surface area contributed by atoms with Crippen LogP contribution in [0, 0.1) is 5.41 Å². The van der Waals surface area contributed by atoms with Crippen LogP contribution in [0.15, 0.2) is 18.2 Å². The van der Waals surface area contributed by atoms with Gasteiger partial charge in [0.15, 0.2) is 0 Å². The number of carbonyl (C=O) groups is 2. The molecule has 4 nitrogen and oxygen atoms in total. The predicted octanol–water partition coefficient (Wildman–Crippen LogP) is 1.08. The summed E-state index contributed by atoms with van der Waals surface area (Å²) in [6.07, 6.45) is 2.41. The molecule has 0 unspecified atom stereocenters. The highest BCUT2D eigenvalue weighted by Gasteiger charge is 2.46. The normalized spacial score (nSPS) is 25.1. The van der Waals surface area contributed by atoms with Crippen molar-refractivity contribution in [2.45, 2.75) is 19.3 Å². The summed E-state index contributed by atoms with van der Waals surface area (Å²) in [6, 6.07) is 5.58. The lowest BCUT2D eigenvalue weighted by Gasteiger charge is -2.17. The molecule has 1 heterocycles. The van der Waals surface area contributed by atoms with Gasteiger partial charge in [0.1, 0.15) is 0 Å². The summed E-state index contributed by atoms with van der Waals surface area (Å²) in [5.41, 5.74) is 2.58. The number of rotatable bonds is 1. The molecule has 94 valence electrons. The Kier molecular flexibility index (Phi) is 2.40. The molecule has 1 aliphatic carbocycles. The molecule has 4 heteroatoms. The molecule has 1 spiro atoms. The van der Waals surface area contributed by atoms with Gasteiger partial charge in [-0.1, -0.05) is 6.07 Å². The van der Waals surface area contributed by atoms with Crippen molar-refractivity contribution in [1.82, 2.24) is 5.32 Å². The summed E-state index contributed by atoms with van der Waals surface area (Å²) in [5.74, 6) is -0.173. The molecule has 0 saturated carbocycles. The zero-order valence-electron chi connectivity index (χ0n) is 10.3. The molecule has 18 heavy (non-hydrogen) atoms. The maximum absolute atomic E-state index is 11.9. The number of carbonyl (C=O) groups excluding carboxylic acids is 2. The molecule has 3 rings (SSSR count). The fourth-order valence-corrected chi connectivity index (χ4v) is 3.05. The van der Waals surface area contributed by atoms with E-state index in [0.29, 0.717) is 5.56 Å². The number of methoxy groups -OCH3 is 1. The van der Waals surface area contributed by atoms with Crippen LogP contribution < -0.4 is 5.32 Å². The van der Waals surface area contributed by atoms with Crippen LogP contribution in [0.5, 0.6) is 0 Å². The number of benzene rings is 1. The van der Waals surface area contributed by atoms with Gasteiger partial charge in [-0.25, -0.2) is 4.79 Å². The van der Waals surface area contributed by atoms with Crippen LogP contribution in [-0.4, -0.2) is 25.5 Å². The zero-order valence-corrected chi connectivity index (χ0v) is 10.3. The zero-order chi connectivity index (χ0) is 12.8. The van der Waals surface area contributed by atoms with E-state index in [9.17, 15) is 9.59 Å². The summed E-state index contributed by atoms with van der Waals surface area (Å²) < 4.78 is 4.72. The molecular weight excluding hydrogens is 230 g/mol. The van der Waals surface area contributed by atoms with Crippen molar-refractivity contribution in [2.24, 2.45) is 5.41 Å². The third-order valence-electron chi connectivity index (χ3n) is 4.06. The first-order valence-electron chi connectivity index (χ1n) is 6.13. The van der Waals surface area contributed by atoms with Gasteiger partial charge in [0.25, 0.3) is 0 Å². The van der Waals surface area contributed by atoms with Crippen LogP contribution in [0.1, 0.15) is 27.9 Å². The van der Waals surface area contributed by atoms with Gasteiger partial charge in [0.05, 0.1) is 18.1 Å². The lowest BCUT2D eigenvalue weighted by Crippen LogP contribution is -2.31. The number of nitrogens with one attached hydrogen (secondary N) is 1. The summed E-state index contributed by atoms with van der Waals surface area (Å²) >= 11 is 0. The number of ether oxygens (including phenoxy) is 1. The van der Waals surface area contributed by atoms with E-state index in [1.54, 1.807) is 6.07 Å². The molecule has 1 aromatic carbocycles. The van der Waals surface area contributed by atoms with Gasteiger partial charge in [-0.05, 0) is 42.5 Å². The molecule has 1 aliphatic heterocycles. The van der Waals surface area contributed by atoms with Crippen LogP contribution in [0.3, 0.4) is 0 Å². The molecule has 1 atom stereocenters. The van der Waals surface area contributed by atoms with E-state index in [4.69, 9.17) is 4.74 Å². The highest BCUT2D eigenvalue weighted by molar-refractivity contribution is 5.90. The maximum atomic E-state index is 11.9. The third-order valence-corrected chi connectivity index (χ3v) is 4.06. The minimum atomic E-state index is -0.324. The first kappa shape index (κ1) is 11.3. The minimum absolute atomic E-state index is 0.151. The standard InChI is InChI=1S/C14H15NO3/c1-18-12(16)9-2-3-10-7-14(8-11(10)6-9)4-5-15-13(14)17/h2-3,6H,4-5,7-8H2,1H3,(H,15,17)/t14-/m0/s1. The van der Waals surface area contributed by atoms with E-state index < -0.39 is 0 Å². The van der Waals surface area contributed by atoms with Crippen molar-refractivity contribution in [2.75, 3.05) is 13.7 Å². The summed E-state index contributed by atoms with van der Waals surface area (Å²) in [4.78, 5) is 23.4. The molecule has 1 N–H and O–H groups in total. The molecule has 1 aromatic rings. The number of esters is 1. The van der Waals surface area contributed by atoms with Crippen LogP contribution in [0.2, 0.25) is 0 Å². The molecule has 0 bridgehead atoms. The number of amides is 1. The van der Waals surface area contributed by atoms with Gasteiger partial charge in [0, 0.05) is 6.54 Å². The van der Waals surface area contributed by atoms with E-state index in [0.717, 1.165) is 31.4 Å². The molecule has 1 fully saturated rings. The Labute approximate surface area is 105 Å². The lowest BCUT2D eigenvalue weighted by atomic mass is 9.83. The van der Waals surface area contributed by atoms with Crippen molar-refractivity contribution < 1.29 is 14.3 Å². The van der Waals surface area contributed by atoms with E-state index in [1.807, 2.05) is 12.1 Å². The predicted molar refractivity (Wildman–Crippen MR) is 65.2 cm³/mol. The second kappa shape index (κ2) is 3.83. The summed E-state index contributed by atoms with van der Waals surface area (Å²) in [7, 11) is 1.38. The fourth-order valence-electron chi connectivity index (χ4n) is 3.05. The average Bonchev–Trinajstić information content (AvgIpc) is 2.92. The van der Waals surface area contributed by atoms with Gasteiger partial charge < -0.3 is 10.1 Å². The second-order valence-corrected chi connectivity index (χ2v) is 5.11. The second-order valence-electron chi connectivity index (χ2n) is 5.11. The number of fused-ring (bicyclic) bond motifs is 1. The van der Waals surface area contributed by atoms with Crippen molar-refractivity contribution >= 4 is 11.9 Å². The van der Waals surface area contributed by atoms with Crippen molar-refractivity contribution in [3.63, 3.8) is 0 Å². The minimum Gasteiger partial charge on any atom is -0.465 e. The number of hydrogen-bond acceptors (Lipinski definition) is 3. The van der Waals surface area contributed by atoms with Crippen LogP contribution in [0.4, 0.5) is 0 Å². The van der Waals surface area contributed by atoms with Crippen molar-refractivity contribution in [3.8, 4) is 0 Å². The van der Waals surface area contributed by atoms with Gasteiger partial charge >= 0.3 is 5.97 Å². The van der Waals surface area contributed by atoms with Crippen LogP contribution >= 0.6 is 0 Å². The molecule has 0 radical (unpaired) electrons. The smallest absolute Gasteiger partial charge is 0.337 e. The number of hydrogen-bond donors (Lipinski definition) is 1. The molecule has 2 aliphatic rings. The molecule has 0 aromatic heterocycles. The average molecular weight is 245 g/mol. The van der Waals surface area contributed by atoms with E-state index in [1.165, 1.54) is 12.7 Å². The Hall–Kier alpha value is -1.84. The fraction of sp³-hybridized carbons (Fsp3) is 0.429. The topological polar surface area (TPSA) is 55.4 Å². The SMILES string of the molecule is COC(=O)c1ccc2c(c1)C[C@]1(CCNC1=O)C2.